The number of ether oxygens (including phenoxy) is 1. The van der Waals surface area contributed by atoms with E-state index in [1.165, 1.54) is 12.1 Å². The summed E-state index contributed by atoms with van der Waals surface area (Å²) >= 11 is 0. The average Bonchev–Trinajstić information content (AvgIpc) is 2.88. The molecule has 0 atom stereocenters. The fourth-order valence-electron chi connectivity index (χ4n) is 4.21. The molecule has 220 valence electrons. The number of carbonyl (C=O) groups is 1. The number of alkyl halides is 6. The third-order valence-electron chi connectivity index (χ3n) is 6.10. The summed E-state index contributed by atoms with van der Waals surface area (Å²) in [6.07, 6.45) is -6.20. The van der Waals surface area contributed by atoms with Crippen LogP contribution in [0.4, 0.5) is 43.9 Å². The lowest BCUT2D eigenvalue weighted by molar-refractivity contribution is -0.154. The molecule has 0 aliphatic carbocycles. The second kappa shape index (κ2) is 12.7. The topological polar surface area (TPSA) is 105 Å². The quantitative estimate of drug-likeness (QED) is 0.320. The van der Waals surface area contributed by atoms with Gasteiger partial charge < -0.3 is 15.4 Å². The Morgan fingerprint density at radius 3 is 2.44 bits per heavy atom. The summed E-state index contributed by atoms with van der Waals surface area (Å²) in [7, 11) is 0. The van der Waals surface area contributed by atoms with Crippen molar-refractivity contribution in [3.05, 3.63) is 59.4 Å². The number of rotatable bonds is 10. The molecule has 1 aliphatic heterocycles. The monoisotopic (exact) mass is 583 g/mol. The van der Waals surface area contributed by atoms with E-state index >= 15 is 0 Å². The van der Waals surface area contributed by atoms with E-state index in [9.17, 15) is 31.1 Å². The highest BCUT2D eigenvalue weighted by molar-refractivity contribution is 5.82. The Balaban J connectivity index is 1.39. The van der Waals surface area contributed by atoms with Gasteiger partial charge in [-0.2, -0.15) is 41.3 Å². The SMILES string of the molecule is Cc1ccnc(CC(=O)CN2CCC(Nc3nc(Nc4cccc(C(F)(F)F)c4)nc(OCC(F)(F)F)n3)CC2)c1. The molecule has 0 unspecified atom stereocenters. The first-order chi connectivity index (χ1) is 19.3. The lowest BCUT2D eigenvalue weighted by Gasteiger charge is -2.31. The zero-order valence-corrected chi connectivity index (χ0v) is 21.9. The molecule has 0 amide bonds. The zero-order valence-electron chi connectivity index (χ0n) is 21.9. The number of nitrogens with zero attached hydrogens (tertiary/aromatic N) is 5. The lowest BCUT2D eigenvalue weighted by atomic mass is 10.0. The number of carbonyl (C=O) groups excluding carboxylic acids is 1. The summed E-state index contributed by atoms with van der Waals surface area (Å²) in [5, 5.41) is 5.60. The molecular weight excluding hydrogens is 556 g/mol. The molecule has 4 rings (SSSR count). The van der Waals surface area contributed by atoms with E-state index in [4.69, 9.17) is 0 Å². The Hall–Kier alpha value is -4.01. The first-order valence-electron chi connectivity index (χ1n) is 12.6. The number of hydrogen-bond donors (Lipinski definition) is 2. The molecule has 9 nitrogen and oxygen atoms in total. The van der Waals surface area contributed by atoms with Gasteiger partial charge in [0, 0.05) is 36.7 Å². The molecule has 2 aromatic heterocycles. The molecule has 3 aromatic rings. The van der Waals surface area contributed by atoms with E-state index in [2.05, 4.69) is 35.3 Å². The fraction of sp³-hybridized carbons (Fsp3) is 0.423. The highest BCUT2D eigenvalue weighted by Gasteiger charge is 2.31. The summed E-state index contributed by atoms with van der Waals surface area (Å²) < 4.78 is 82.1. The Bertz CT molecular complexity index is 1340. The van der Waals surface area contributed by atoms with Crippen LogP contribution in [0.2, 0.25) is 0 Å². The number of hydrogen-bond acceptors (Lipinski definition) is 9. The number of benzene rings is 1. The zero-order chi connectivity index (χ0) is 29.6. The molecule has 2 N–H and O–H groups in total. The maximum Gasteiger partial charge on any atom is 0.422 e. The number of Topliss-reactive ketones (excluding diaryl/α,β-unsaturated/α-hetero) is 1. The highest BCUT2D eigenvalue weighted by atomic mass is 19.4. The summed E-state index contributed by atoms with van der Waals surface area (Å²) in [5.41, 5.74) is 0.772. The number of likely N-dealkylation sites (tertiary alicyclic amines) is 1. The summed E-state index contributed by atoms with van der Waals surface area (Å²) in [5.74, 6) is -0.373. The van der Waals surface area contributed by atoms with Crippen molar-refractivity contribution in [3.63, 3.8) is 0 Å². The third kappa shape index (κ3) is 9.55. The molecule has 1 saturated heterocycles. The van der Waals surface area contributed by atoms with Gasteiger partial charge in [-0.25, -0.2) is 0 Å². The highest BCUT2D eigenvalue weighted by Crippen LogP contribution is 2.31. The molecule has 1 fully saturated rings. The van der Waals surface area contributed by atoms with Gasteiger partial charge in [-0.05, 0) is 55.7 Å². The van der Waals surface area contributed by atoms with Crippen LogP contribution in [0.25, 0.3) is 0 Å². The first-order valence-corrected chi connectivity index (χ1v) is 12.6. The Labute approximate surface area is 231 Å². The molecule has 0 radical (unpaired) electrons. The van der Waals surface area contributed by atoms with E-state index in [1.807, 2.05) is 24.0 Å². The van der Waals surface area contributed by atoms with E-state index < -0.39 is 30.5 Å². The van der Waals surface area contributed by atoms with Crippen LogP contribution in [0.3, 0.4) is 0 Å². The van der Waals surface area contributed by atoms with Crippen molar-refractivity contribution in [2.24, 2.45) is 0 Å². The van der Waals surface area contributed by atoms with Crippen LogP contribution in [0, 0.1) is 6.92 Å². The molecule has 0 saturated carbocycles. The van der Waals surface area contributed by atoms with E-state index in [0.29, 0.717) is 31.6 Å². The standard InChI is InChI=1S/C26H27F6N7O2/c1-16-5-8-33-20(11-16)13-21(40)14-39-9-6-18(7-10-39)34-22-36-23(38-24(37-22)41-15-25(27,28)29)35-19-4-2-3-17(12-19)26(30,31)32/h2-5,8,11-12,18H,6-7,9-10,13-15H2,1H3,(H2,34,35,36,37,38). The maximum atomic E-state index is 13.1. The van der Waals surface area contributed by atoms with Gasteiger partial charge in [0.15, 0.2) is 12.4 Å². The Morgan fingerprint density at radius 2 is 1.76 bits per heavy atom. The minimum Gasteiger partial charge on any atom is -0.454 e. The van der Waals surface area contributed by atoms with Crippen molar-refractivity contribution < 1.29 is 35.9 Å². The summed E-state index contributed by atoms with van der Waals surface area (Å²) in [6.45, 7) is 1.67. The van der Waals surface area contributed by atoms with Gasteiger partial charge in [0.25, 0.3) is 0 Å². The van der Waals surface area contributed by atoms with Crippen LogP contribution < -0.4 is 15.4 Å². The lowest BCUT2D eigenvalue weighted by Crippen LogP contribution is -2.42. The van der Waals surface area contributed by atoms with Gasteiger partial charge in [-0.3, -0.25) is 14.7 Å². The predicted molar refractivity (Wildman–Crippen MR) is 137 cm³/mol. The van der Waals surface area contributed by atoms with Gasteiger partial charge in [0.2, 0.25) is 11.9 Å². The van der Waals surface area contributed by atoms with Crippen LogP contribution in [-0.2, 0) is 17.4 Å². The minimum atomic E-state index is -4.66. The molecule has 0 bridgehead atoms. The molecule has 0 spiro atoms. The number of nitrogens with one attached hydrogen (secondary N) is 2. The largest absolute Gasteiger partial charge is 0.454 e. The normalized spacial score (nSPS) is 15.0. The Morgan fingerprint density at radius 1 is 1.02 bits per heavy atom. The summed E-state index contributed by atoms with van der Waals surface area (Å²) in [6, 6.07) is 7.08. The molecule has 3 heterocycles. The van der Waals surface area contributed by atoms with E-state index in [0.717, 1.165) is 17.7 Å². The number of halogens is 6. The van der Waals surface area contributed by atoms with Crippen molar-refractivity contribution in [3.8, 4) is 6.01 Å². The average molecular weight is 584 g/mol. The van der Waals surface area contributed by atoms with Crippen molar-refractivity contribution >= 4 is 23.4 Å². The second-order valence-corrected chi connectivity index (χ2v) is 9.61. The van der Waals surface area contributed by atoms with Crippen LogP contribution in [-0.4, -0.2) is 69.1 Å². The van der Waals surface area contributed by atoms with Crippen molar-refractivity contribution in [1.29, 1.82) is 0 Å². The summed E-state index contributed by atoms with van der Waals surface area (Å²) in [4.78, 5) is 30.5. The van der Waals surface area contributed by atoms with Gasteiger partial charge in [0.05, 0.1) is 18.5 Å². The molecule has 41 heavy (non-hydrogen) atoms. The number of ketones is 1. The maximum absolute atomic E-state index is 13.1. The second-order valence-electron chi connectivity index (χ2n) is 9.61. The van der Waals surface area contributed by atoms with Crippen LogP contribution >= 0.6 is 0 Å². The van der Waals surface area contributed by atoms with Crippen LogP contribution in [0.5, 0.6) is 6.01 Å². The minimum absolute atomic E-state index is 0.0300. The molecule has 1 aromatic carbocycles. The molecular formula is C26H27F6N7O2. The van der Waals surface area contributed by atoms with Crippen molar-refractivity contribution in [2.45, 2.75) is 44.6 Å². The number of pyridine rings is 1. The number of aromatic nitrogens is 4. The molecule has 15 heteroatoms. The number of piperidine rings is 1. The number of aryl methyl sites for hydroxylation is 1. The van der Waals surface area contributed by atoms with Crippen LogP contribution in [0.15, 0.2) is 42.6 Å². The van der Waals surface area contributed by atoms with Gasteiger partial charge >= 0.3 is 18.4 Å². The van der Waals surface area contributed by atoms with Crippen molar-refractivity contribution in [1.82, 2.24) is 24.8 Å². The van der Waals surface area contributed by atoms with Gasteiger partial charge in [0.1, 0.15) is 0 Å². The third-order valence-corrected chi connectivity index (χ3v) is 6.10. The van der Waals surface area contributed by atoms with E-state index in [-0.39, 0.29) is 42.4 Å². The predicted octanol–water partition coefficient (Wildman–Crippen LogP) is 4.97. The smallest absolute Gasteiger partial charge is 0.422 e. The van der Waals surface area contributed by atoms with Gasteiger partial charge in [-0.15, -0.1) is 0 Å². The van der Waals surface area contributed by atoms with Gasteiger partial charge in [-0.1, -0.05) is 6.07 Å². The number of anilines is 3. The van der Waals surface area contributed by atoms with Crippen molar-refractivity contribution in [2.75, 3.05) is 36.9 Å². The van der Waals surface area contributed by atoms with E-state index in [1.54, 1.807) is 6.20 Å². The fourth-order valence-corrected chi connectivity index (χ4v) is 4.21. The van der Waals surface area contributed by atoms with Crippen LogP contribution in [0.1, 0.15) is 29.7 Å². The Kier molecular flexibility index (Phi) is 9.25. The first kappa shape index (κ1) is 30.0. The molecule has 1 aliphatic rings.